The lowest BCUT2D eigenvalue weighted by molar-refractivity contribution is 0.0528. The molecule has 180 valence electrons. The number of nitrogens with zero attached hydrogens (tertiary/aromatic N) is 4. The molecule has 0 unspecified atom stereocenters. The third kappa shape index (κ3) is 4.16. The normalized spacial score (nSPS) is 13.4. The van der Waals surface area contributed by atoms with Gasteiger partial charge >= 0.3 is 11.7 Å². The Balaban J connectivity index is 1.66. The standard InChI is InChI=1S/C25H23ClN4O5/c1-4-34-24(32)17-11-18(14-8-9-14)27-21-20(17)23(31)30(25(33)29(21)3)12-19-13(2)35-22(28-19)15-6-5-7-16(26)10-15/h5-7,10-11,14H,4,8-9,12H2,1-3H3. The van der Waals surface area contributed by atoms with Gasteiger partial charge in [-0.25, -0.2) is 19.6 Å². The predicted octanol–water partition coefficient (Wildman–Crippen LogP) is 3.81. The first-order valence-corrected chi connectivity index (χ1v) is 11.7. The van der Waals surface area contributed by atoms with Gasteiger partial charge in [0.2, 0.25) is 5.89 Å². The summed E-state index contributed by atoms with van der Waals surface area (Å²) in [6.07, 6.45) is 1.90. The van der Waals surface area contributed by atoms with E-state index in [1.807, 2.05) is 0 Å². The van der Waals surface area contributed by atoms with E-state index in [0.717, 1.165) is 17.4 Å². The zero-order chi connectivity index (χ0) is 24.9. The molecule has 3 aromatic heterocycles. The van der Waals surface area contributed by atoms with E-state index in [0.29, 0.717) is 33.6 Å². The first-order valence-electron chi connectivity index (χ1n) is 11.3. The Hall–Kier alpha value is -3.72. The summed E-state index contributed by atoms with van der Waals surface area (Å²) in [5, 5.41) is 0.579. The van der Waals surface area contributed by atoms with Gasteiger partial charge in [0.05, 0.1) is 24.1 Å². The summed E-state index contributed by atoms with van der Waals surface area (Å²) in [4.78, 5) is 48.7. The number of carbonyl (C=O) groups excluding carboxylic acids is 1. The molecule has 1 aromatic carbocycles. The number of fused-ring (bicyclic) bond motifs is 1. The smallest absolute Gasteiger partial charge is 0.339 e. The molecule has 0 amide bonds. The minimum Gasteiger partial charge on any atom is -0.462 e. The largest absolute Gasteiger partial charge is 0.462 e. The Morgan fingerprint density at radius 2 is 2.00 bits per heavy atom. The summed E-state index contributed by atoms with van der Waals surface area (Å²) in [6.45, 7) is 3.43. The molecule has 1 fully saturated rings. The molecule has 0 atom stereocenters. The van der Waals surface area contributed by atoms with Crippen LogP contribution in [0.4, 0.5) is 0 Å². The summed E-state index contributed by atoms with van der Waals surface area (Å²) in [5.74, 6) is 0.383. The Kier molecular flexibility index (Phi) is 5.80. The van der Waals surface area contributed by atoms with Crippen molar-refractivity contribution in [2.45, 2.75) is 39.2 Å². The number of aromatic nitrogens is 4. The van der Waals surface area contributed by atoms with Crippen LogP contribution in [0.15, 0.2) is 44.3 Å². The van der Waals surface area contributed by atoms with Gasteiger partial charge in [-0.05, 0) is 51.0 Å². The van der Waals surface area contributed by atoms with E-state index in [1.165, 1.54) is 11.6 Å². The minimum absolute atomic E-state index is 0.0474. The quantitative estimate of drug-likeness (QED) is 0.375. The Morgan fingerprint density at radius 3 is 2.69 bits per heavy atom. The fourth-order valence-electron chi connectivity index (χ4n) is 4.06. The van der Waals surface area contributed by atoms with Crippen LogP contribution in [0.5, 0.6) is 0 Å². The summed E-state index contributed by atoms with van der Waals surface area (Å²) < 4.78 is 13.3. The number of carbonyl (C=O) groups is 1. The van der Waals surface area contributed by atoms with Crippen LogP contribution in [-0.4, -0.2) is 31.7 Å². The molecule has 3 heterocycles. The Labute approximate surface area is 205 Å². The zero-order valence-corrected chi connectivity index (χ0v) is 20.3. The second-order valence-corrected chi connectivity index (χ2v) is 8.99. The zero-order valence-electron chi connectivity index (χ0n) is 19.5. The molecule has 0 bridgehead atoms. The Morgan fingerprint density at radius 1 is 1.23 bits per heavy atom. The highest BCUT2D eigenvalue weighted by atomic mass is 35.5. The average Bonchev–Trinajstić information content (AvgIpc) is 3.62. The van der Waals surface area contributed by atoms with Gasteiger partial charge < -0.3 is 9.15 Å². The second kappa shape index (κ2) is 8.81. The molecule has 1 aliphatic rings. The molecule has 9 nitrogen and oxygen atoms in total. The van der Waals surface area contributed by atoms with Crippen LogP contribution in [0.2, 0.25) is 5.02 Å². The number of halogens is 1. The predicted molar refractivity (Wildman–Crippen MR) is 130 cm³/mol. The maximum Gasteiger partial charge on any atom is 0.339 e. The Bertz CT molecular complexity index is 1600. The van der Waals surface area contributed by atoms with Gasteiger partial charge in [0.25, 0.3) is 5.56 Å². The molecule has 4 aromatic rings. The maximum absolute atomic E-state index is 13.6. The van der Waals surface area contributed by atoms with Crippen LogP contribution in [0.3, 0.4) is 0 Å². The third-order valence-corrected chi connectivity index (χ3v) is 6.31. The average molecular weight is 495 g/mol. The van der Waals surface area contributed by atoms with Gasteiger partial charge in [-0.2, -0.15) is 0 Å². The first kappa shape index (κ1) is 23.0. The summed E-state index contributed by atoms with van der Waals surface area (Å²) in [6, 6.07) is 8.65. The van der Waals surface area contributed by atoms with Gasteiger partial charge in [0.1, 0.15) is 17.1 Å². The molecular formula is C25H23ClN4O5. The lowest BCUT2D eigenvalue weighted by Crippen LogP contribution is -2.40. The van der Waals surface area contributed by atoms with Gasteiger partial charge in [-0.15, -0.1) is 0 Å². The molecule has 1 aliphatic carbocycles. The molecule has 0 radical (unpaired) electrons. The number of hydrogen-bond acceptors (Lipinski definition) is 7. The van der Waals surface area contributed by atoms with E-state index in [2.05, 4.69) is 9.97 Å². The molecule has 35 heavy (non-hydrogen) atoms. The topological polar surface area (TPSA) is 109 Å². The number of hydrogen-bond donors (Lipinski definition) is 0. The summed E-state index contributed by atoms with van der Waals surface area (Å²) in [5.41, 5.74) is 0.860. The molecule has 0 spiro atoms. The third-order valence-electron chi connectivity index (χ3n) is 6.08. The number of ether oxygens (including phenoxy) is 1. The van der Waals surface area contributed by atoms with Crippen molar-refractivity contribution in [3.05, 3.63) is 78.9 Å². The lowest BCUT2D eigenvalue weighted by atomic mass is 10.1. The van der Waals surface area contributed by atoms with Gasteiger partial charge in [0.15, 0.2) is 0 Å². The van der Waals surface area contributed by atoms with E-state index >= 15 is 0 Å². The lowest BCUT2D eigenvalue weighted by Gasteiger charge is -2.13. The highest BCUT2D eigenvalue weighted by Crippen LogP contribution is 2.40. The number of esters is 1. The molecule has 0 N–H and O–H groups in total. The van der Waals surface area contributed by atoms with Gasteiger partial charge in [-0.3, -0.25) is 13.9 Å². The number of pyridine rings is 1. The minimum atomic E-state index is -0.632. The molecule has 5 rings (SSSR count). The highest BCUT2D eigenvalue weighted by molar-refractivity contribution is 6.30. The highest BCUT2D eigenvalue weighted by Gasteiger charge is 2.29. The first-order chi connectivity index (χ1) is 16.8. The van der Waals surface area contributed by atoms with Crippen LogP contribution >= 0.6 is 11.6 Å². The van der Waals surface area contributed by atoms with Gasteiger partial charge in [0, 0.05) is 29.2 Å². The van der Waals surface area contributed by atoms with E-state index in [4.69, 9.17) is 20.8 Å². The fraction of sp³-hybridized carbons (Fsp3) is 0.320. The van der Waals surface area contributed by atoms with Crippen LogP contribution in [-0.2, 0) is 18.3 Å². The molecule has 0 aliphatic heterocycles. The van der Waals surface area contributed by atoms with Crippen molar-refractivity contribution in [1.82, 2.24) is 19.1 Å². The van der Waals surface area contributed by atoms with Crippen molar-refractivity contribution >= 4 is 28.6 Å². The molecule has 0 saturated heterocycles. The monoisotopic (exact) mass is 494 g/mol. The summed E-state index contributed by atoms with van der Waals surface area (Å²) in [7, 11) is 1.53. The van der Waals surface area contributed by atoms with E-state index < -0.39 is 17.2 Å². The van der Waals surface area contributed by atoms with E-state index in [9.17, 15) is 14.4 Å². The van der Waals surface area contributed by atoms with Crippen molar-refractivity contribution in [2.75, 3.05) is 6.61 Å². The van der Waals surface area contributed by atoms with Crippen molar-refractivity contribution in [1.29, 1.82) is 0 Å². The number of oxazole rings is 1. The van der Waals surface area contributed by atoms with Crippen LogP contribution < -0.4 is 11.2 Å². The van der Waals surface area contributed by atoms with Crippen LogP contribution in [0.1, 0.15) is 53.2 Å². The number of benzene rings is 1. The maximum atomic E-state index is 13.6. The number of rotatable bonds is 6. The van der Waals surface area contributed by atoms with Gasteiger partial charge in [-0.1, -0.05) is 17.7 Å². The van der Waals surface area contributed by atoms with Crippen LogP contribution in [0.25, 0.3) is 22.5 Å². The van der Waals surface area contributed by atoms with Crippen molar-refractivity contribution in [2.24, 2.45) is 7.05 Å². The molecule has 1 saturated carbocycles. The van der Waals surface area contributed by atoms with E-state index in [1.54, 1.807) is 44.2 Å². The number of aryl methyl sites for hydroxylation is 2. The second-order valence-electron chi connectivity index (χ2n) is 8.55. The van der Waals surface area contributed by atoms with Crippen molar-refractivity contribution < 1.29 is 13.9 Å². The fourth-order valence-corrected chi connectivity index (χ4v) is 4.26. The van der Waals surface area contributed by atoms with Crippen molar-refractivity contribution in [3.8, 4) is 11.5 Å². The molecule has 10 heteroatoms. The van der Waals surface area contributed by atoms with E-state index in [-0.39, 0.29) is 35.7 Å². The molecular weight excluding hydrogens is 472 g/mol. The van der Waals surface area contributed by atoms with Crippen molar-refractivity contribution in [3.63, 3.8) is 0 Å². The summed E-state index contributed by atoms with van der Waals surface area (Å²) >= 11 is 6.08. The van der Waals surface area contributed by atoms with Crippen LogP contribution in [0, 0.1) is 6.92 Å². The SMILES string of the molecule is CCOC(=O)c1cc(C2CC2)nc2c1c(=O)n(Cc1nc(-c3cccc(Cl)c3)oc1C)c(=O)n2C.